The molecular weight excluding hydrogens is 396 g/mol. The minimum Gasteiger partial charge on any atom is -0.411 e. The maximum Gasteiger partial charge on any atom is 0.277 e. The molecule has 4 aromatic rings. The number of aromatic nitrogens is 2. The first kappa shape index (κ1) is 19.7. The Labute approximate surface area is 178 Å². The number of carbonyl (C=O) groups is 1. The molecule has 1 aromatic heterocycles. The largest absolute Gasteiger partial charge is 0.411 e. The molecular formula is C23H20N4O2S. The van der Waals surface area contributed by atoms with Gasteiger partial charge in [0.25, 0.3) is 5.22 Å². The standard InChI is InChI=1S/C23H20N4O2S/c1-17-12-14-18(15-13-17)22-24-25-23(29-22)30-16-21(28)26-27(19-8-4-2-5-9-19)20-10-6-3-7-11-20/h2-15H,16H2,1H3,(H,26,28). The molecule has 6 nitrogen and oxygen atoms in total. The molecule has 1 N–H and O–H groups in total. The molecule has 0 aliphatic rings. The average molecular weight is 417 g/mol. The lowest BCUT2D eigenvalue weighted by Gasteiger charge is -2.25. The van der Waals surface area contributed by atoms with Crippen molar-refractivity contribution in [1.82, 2.24) is 15.6 Å². The Hall–Kier alpha value is -3.58. The fraction of sp³-hybridized carbons (Fsp3) is 0.0870. The molecule has 0 aliphatic carbocycles. The SMILES string of the molecule is Cc1ccc(-c2nnc(SCC(=O)NN(c3ccccc3)c3ccccc3)o2)cc1. The molecule has 1 heterocycles. The summed E-state index contributed by atoms with van der Waals surface area (Å²) in [7, 11) is 0. The molecule has 0 fully saturated rings. The van der Waals surface area contributed by atoms with E-state index >= 15 is 0 Å². The molecule has 0 saturated carbocycles. The summed E-state index contributed by atoms with van der Waals surface area (Å²) >= 11 is 1.20. The lowest BCUT2D eigenvalue weighted by atomic mass is 10.1. The molecule has 1 amide bonds. The number of hydrazine groups is 1. The molecule has 0 bridgehead atoms. The first-order valence-corrected chi connectivity index (χ1v) is 10.4. The number of carbonyl (C=O) groups excluding carboxylic acids is 1. The summed E-state index contributed by atoms with van der Waals surface area (Å²) in [5, 5.41) is 10.2. The summed E-state index contributed by atoms with van der Waals surface area (Å²) in [5.41, 5.74) is 6.68. The van der Waals surface area contributed by atoms with Crippen LogP contribution >= 0.6 is 11.8 Å². The van der Waals surface area contributed by atoms with Gasteiger partial charge in [-0.05, 0) is 43.3 Å². The van der Waals surface area contributed by atoms with E-state index < -0.39 is 0 Å². The number of hydrogen-bond acceptors (Lipinski definition) is 6. The summed E-state index contributed by atoms with van der Waals surface area (Å²) < 4.78 is 5.68. The highest BCUT2D eigenvalue weighted by atomic mass is 32.2. The third-order valence-electron chi connectivity index (χ3n) is 4.30. The fourth-order valence-electron chi connectivity index (χ4n) is 2.80. The number of aryl methyl sites for hydroxylation is 1. The molecule has 3 aromatic carbocycles. The van der Waals surface area contributed by atoms with Crippen molar-refractivity contribution in [3.8, 4) is 11.5 Å². The number of benzene rings is 3. The van der Waals surface area contributed by atoms with Gasteiger partial charge in [-0.25, -0.2) is 0 Å². The van der Waals surface area contributed by atoms with Gasteiger partial charge in [0.1, 0.15) is 0 Å². The molecule has 0 unspecified atom stereocenters. The average Bonchev–Trinajstić information content (AvgIpc) is 3.27. The number of nitrogens with zero attached hydrogens (tertiary/aromatic N) is 3. The van der Waals surface area contributed by atoms with Crippen LogP contribution in [0.25, 0.3) is 11.5 Å². The quantitative estimate of drug-likeness (QED) is 0.337. The Kier molecular flexibility index (Phi) is 6.10. The topological polar surface area (TPSA) is 71.3 Å². The molecule has 0 aliphatic heterocycles. The minimum absolute atomic E-state index is 0.145. The van der Waals surface area contributed by atoms with Gasteiger partial charge in [-0.1, -0.05) is 65.9 Å². The molecule has 7 heteroatoms. The van der Waals surface area contributed by atoms with Gasteiger partial charge in [0.15, 0.2) is 0 Å². The lowest BCUT2D eigenvalue weighted by molar-refractivity contribution is -0.118. The van der Waals surface area contributed by atoms with E-state index in [9.17, 15) is 4.79 Å². The summed E-state index contributed by atoms with van der Waals surface area (Å²) in [6, 6.07) is 27.2. The van der Waals surface area contributed by atoms with E-state index in [0.717, 1.165) is 22.5 Å². The van der Waals surface area contributed by atoms with Gasteiger partial charge in [-0.15, -0.1) is 10.2 Å². The second-order valence-electron chi connectivity index (χ2n) is 6.57. The number of anilines is 2. The molecule has 0 radical (unpaired) electrons. The van der Waals surface area contributed by atoms with Gasteiger partial charge < -0.3 is 4.42 Å². The predicted molar refractivity (Wildman–Crippen MR) is 118 cm³/mol. The van der Waals surface area contributed by atoms with Crippen molar-refractivity contribution in [3.05, 3.63) is 90.5 Å². The van der Waals surface area contributed by atoms with Crippen LogP contribution in [-0.4, -0.2) is 21.9 Å². The first-order chi connectivity index (χ1) is 14.7. The van der Waals surface area contributed by atoms with Crippen LogP contribution in [0.15, 0.2) is 94.6 Å². The Bertz CT molecular complexity index is 1060. The number of amides is 1. The van der Waals surface area contributed by atoms with E-state index in [2.05, 4.69) is 15.6 Å². The Morgan fingerprint density at radius 3 is 2.10 bits per heavy atom. The third-order valence-corrected chi connectivity index (χ3v) is 5.12. The van der Waals surface area contributed by atoms with Crippen LogP contribution < -0.4 is 10.4 Å². The monoisotopic (exact) mass is 416 g/mol. The maximum atomic E-state index is 12.6. The third kappa shape index (κ3) is 4.87. The van der Waals surface area contributed by atoms with E-state index in [-0.39, 0.29) is 11.7 Å². The van der Waals surface area contributed by atoms with Crippen molar-refractivity contribution in [3.63, 3.8) is 0 Å². The van der Waals surface area contributed by atoms with E-state index in [1.54, 1.807) is 5.01 Å². The number of para-hydroxylation sites is 2. The Morgan fingerprint density at radius 1 is 0.900 bits per heavy atom. The summed E-state index contributed by atoms with van der Waals surface area (Å²) in [5.74, 6) is 0.405. The molecule has 0 atom stereocenters. The highest BCUT2D eigenvalue weighted by molar-refractivity contribution is 7.99. The van der Waals surface area contributed by atoms with Gasteiger partial charge in [-0.3, -0.25) is 15.2 Å². The van der Waals surface area contributed by atoms with Gasteiger partial charge in [0.2, 0.25) is 11.8 Å². The molecule has 0 spiro atoms. The van der Waals surface area contributed by atoms with Crippen molar-refractivity contribution in [2.24, 2.45) is 0 Å². The van der Waals surface area contributed by atoms with Crippen molar-refractivity contribution < 1.29 is 9.21 Å². The Balaban J connectivity index is 1.41. The van der Waals surface area contributed by atoms with Crippen LogP contribution in [0.4, 0.5) is 11.4 Å². The van der Waals surface area contributed by atoms with Crippen LogP contribution in [0.2, 0.25) is 0 Å². The van der Waals surface area contributed by atoms with Crippen molar-refractivity contribution in [2.45, 2.75) is 12.1 Å². The molecule has 30 heavy (non-hydrogen) atoms. The predicted octanol–water partition coefficient (Wildman–Crippen LogP) is 5.01. The molecule has 150 valence electrons. The number of nitrogens with one attached hydrogen (secondary N) is 1. The van der Waals surface area contributed by atoms with Crippen LogP contribution in [0.5, 0.6) is 0 Å². The van der Waals surface area contributed by atoms with Crippen LogP contribution in [0, 0.1) is 6.92 Å². The van der Waals surface area contributed by atoms with Gasteiger partial charge in [0, 0.05) is 5.56 Å². The lowest BCUT2D eigenvalue weighted by Crippen LogP contribution is -2.39. The van der Waals surface area contributed by atoms with Crippen LogP contribution in [0.1, 0.15) is 5.56 Å². The van der Waals surface area contributed by atoms with Crippen molar-refractivity contribution in [2.75, 3.05) is 10.8 Å². The maximum absolute atomic E-state index is 12.6. The van der Waals surface area contributed by atoms with Crippen LogP contribution in [-0.2, 0) is 4.79 Å². The summed E-state index contributed by atoms with van der Waals surface area (Å²) in [6.45, 7) is 2.02. The van der Waals surface area contributed by atoms with Gasteiger partial charge in [0.05, 0.1) is 17.1 Å². The Morgan fingerprint density at radius 2 is 1.50 bits per heavy atom. The zero-order chi connectivity index (χ0) is 20.8. The van der Waals surface area contributed by atoms with Crippen molar-refractivity contribution in [1.29, 1.82) is 0 Å². The molecule has 0 saturated heterocycles. The number of thioether (sulfide) groups is 1. The number of hydrogen-bond donors (Lipinski definition) is 1. The minimum atomic E-state index is -0.178. The highest BCUT2D eigenvalue weighted by Crippen LogP contribution is 2.25. The van der Waals surface area contributed by atoms with Crippen LogP contribution in [0.3, 0.4) is 0 Å². The van der Waals surface area contributed by atoms with Crippen molar-refractivity contribution >= 4 is 29.0 Å². The van der Waals surface area contributed by atoms with E-state index in [1.807, 2.05) is 91.9 Å². The highest BCUT2D eigenvalue weighted by Gasteiger charge is 2.15. The van der Waals surface area contributed by atoms with E-state index in [1.165, 1.54) is 11.8 Å². The van der Waals surface area contributed by atoms with Gasteiger partial charge >= 0.3 is 0 Å². The summed E-state index contributed by atoms with van der Waals surface area (Å²) in [4.78, 5) is 12.6. The second-order valence-corrected chi connectivity index (χ2v) is 7.50. The zero-order valence-electron chi connectivity index (χ0n) is 16.4. The summed E-state index contributed by atoms with van der Waals surface area (Å²) in [6.07, 6.45) is 0. The zero-order valence-corrected chi connectivity index (χ0v) is 17.2. The van der Waals surface area contributed by atoms with E-state index in [4.69, 9.17) is 4.42 Å². The molecule has 4 rings (SSSR count). The van der Waals surface area contributed by atoms with E-state index in [0.29, 0.717) is 11.1 Å². The fourth-order valence-corrected chi connectivity index (χ4v) is 3.35. The van der Waals surface area contributed by atoms with Gasteiger partial charge in [-0.2, -0.15) is 0 Å². The first-order valence-electron chi connectivity index (χ1n) is 9.42. The smallest absolute Gasteiger partial charge is 0.277 e. The normalized spacial score (nSPS) is 10.6. The second kappa shape index (κ2) is 9.28. The number of rotatable bonds is 7.